The van der Waals surface area contributed by atoms with E-state index < -0.39 is 40.9 Å². The minimum Gasteiger partial charge on any atom is -0.460 e. The van der Waals surface area contributed by atoms with Crippen LogP contribution in [0.4, 0.5) is 0 Å². The number of rotatable bonds is 6. The van der Waals surface area contributed by atoms with Crippen molar-refractivity contribution in [3.63, 3.8) is 0 Å². The summed E-state index contributed by atoms with van der Waals surface area (Å²) in [5, 5.41) is 43.4. The molecule has 4 rings (SSSR count). The van der Waals surface area contributed by atoms with Gasteiger partial charge in [-0.3, -0.25) is 9.59 Å². The molecule has 0 aromatic heterocycles. The van der Waals surface area contributed by atoms with Gasteiger partial charge in [-0.25, -0.2) is 0 Å². The Morgan fingerprint density at radius 1 is 1.11 bits per heavy atom. The minimum absolute atomic E-state index is 0.0498. The van der Waals surface area contributed by atoms with Gasteiger partial charge in [-0.1, -0.05) is 19.4 Å². The van der Waals surface area contributed by atoms with Crippen LogP contribution in [0.15, 0.2) is 11.6 Å². The maximum Gasteiger partial charge on any atom is 0.302 e. The maximum absolute atomic E-state index is 13.4. The normalized spacial score (nSPS) is 42.9. The Morgan fingerprint density at radius 3 is 2.36 bits per heavy atom. The van der Waals surface area contributed by atoms with Crippen molar-refractivity contribution in [2.75, 3.05) is 0 Å². The number of carbonyl (C=O) groups is 2. The van der Waals surface area contributed by atoms with E-state index in [1.54, 1.807) is 20.8 Å². The highest BCUT2D eigenvalue weighted by molar-refractivity contribution is 5.94. The van der Waals surface area contributed by atoms with Crippen molar-refractivity contribution in [1.29, 1.82) is 0 Å². The molecular weight excluding hydrogens is 460 g/mol. The second-order valence-corrected chi connectivity index (χ2v) is 13.6. The topological polar surface area (TPSA) is 124 Å². The summed E-state index contributed by atoms with van der Waals surface area (Å²) in [6.07, 6.45) is 4.27. The molecule has 36 heavy (non-hydrogen) atoms. The fraction of sp³-hybridized carbons (Fsp3) is 0.862. The molecular formula is C29H46O7. The summed E-state index contributed by atoms with van der Waals surface area (Å²) < 4.78 is 5.48. The lowest BCUT2D eigenvalue weighted by Gasteiger charge is -2.58. The van der Waals surface area contributed by atoms with Crippen LogP contribution < -0.4 is 0 Å². The van der Waals surface area contributed by atoms with E-state index in [1.807, 2.05) is 6.08 Å². The van der Waals surface area contributed by atoms with Crippen molar-refractivity contribution in [2.24, 2.45) is 34.5 Å². The predicted octanol–water partition coefficient (Wildman–Crippen LogP) is 3.31. The summed E-state index contributed by atoms with van der Waals surface area (Å²) in [5.41, 5.74) is -1.71. The van der Waals surface area contributed by atoms with Gasteiger partial charge in [0.1, 0.15) is 6.10 Å². The van der Waals surface area contributed by atoms with Crippen LogP contribution in [-0.4, -0.2) is 61.7 Å². The van der Waals surface area contributed by atoms with Crippen LogP contribution in [0.3, 0.4) is 0 Å². The number of ether oxygens (including phenoxy) is 1. The first kappa shape index (κ1) is 27.7. The fourth-order valence-electron chi connectivity index (χ4n) is 8.68. The third-order valence-electron chi connectivity index (χ3n) is 10.6. The van der Waals surface area contributed by atoms with E-state index in [2.05, 4.69) is 13.8 Å². The molecule has 0 heterocycles. The van der Waals surface area contributed by atoms with E-state index in [4.69, 9.17) is 4.74 Å². The number of hydrogen-bond acceptors (Lipinski definition) is 7. The van der Waals surface area contributed by atoms with Crippen LogP contribution in [0.2, 0.25) is 0 Å². The molecule has 0 aromatic carbocycles. The molecule has 10 atom stereocenters. The zero-order valence-electron chi connectivity index (χ0n) is 22.8. The number of aliphatic hydroxyl groups is 4. The Labute approximate surface area is 215 Å². The molecule has 4 aliphatic rings. The van der Waals surface area contributed by atoms with Crippen LogP contribution in [0.25, 0.3) is 0 Å². The third kappa shape index (κ3) is 4.59. The molecule has 7 heteroatoms. The van der Waals surface area contributed by atoms with E-state index in [-0.39, 0.29) is 34.9 Å². The van der Waals surface area contributed by atoms with Gasteiger partial charge in [0.2, 0.25) is 0 Å². The van der Waals surface area contributed by atoms with Gasteiger partial charge in [0, 0.05) is 12.8 Å². The highest BCUT2D eigenvalue weighted by Crippen LogP contribution is 2.67. The summed E-state index contributed by atoms with van der Waals surface area (Å²) in [4.78, 5) is 25.1. The number of ketones is 1. The summed E-state index contributed by atoms with van der Waals surface area (Å²) in [5.74, 6) is -0.492. The number of fused-ring (bicyclic) bond motifs is 5. The molecule has 4 aliphatic carbocycles. The van der Waals surface area contributed by atoms with Crippen molar-refractivity contribution < 1.29 is 34.8 Å². The third-order valence-corrected chi connectivity index (χ3v) is 10.6. The van der Waals surface area contributed by atoms with E-state index in [1.165, 1.54) is 6.92 Å². The Bertz CT molecular complexity index is 917. The second-order valence-electron chi connectivity index (χ2n) is 13.6. The molecule has 7 nitrogen and oxygen atoms in total. The molecule has 3 fully saturated rings. The molecule has 0 saturated heterocycles. The van der Waals surface area contributed by atoms with Crippen LogP contribution >= 0.6 is 0 Å². The van der Waals surface area contributed by atoms with Gasteiger partial charge in [-0.05, 0) is 107 Å². The fourth-order valence-corrected chi connectivity index (χ4v) is 8.68. The van der Waals surface area contributed by atoms with Gasteiger partial charge in [0.15, 0.2) is 5.78 Å². The molecule has 0 unspecified atom stereocenters. The van der Waals surface area contributed by atoms with Gasteiger partial charge in [-0.15, -0.1) is 0 Å². The van der Waals surface area contributed by atoms with Gasteiger partial charge in [0.05, 0.1) is 23.4 Å². The highest BCUT2D eigenvalue weighted by Gasteiger charge is 2.63. The maximum atomic E-state index is 13.4. The molecule has 0 amide bonds. The number of esters is 1. The Hall–Kier alpha value is -1.28. The molecule has 0 spiro atoms. The second kappa shape index (κ2) is 9.18. The Balaban J connectivity index is 1.60. The number of hydrogen-bond donors (Lipinski definition) is 4. The van der Waals surface area contributed by atoms with Crippen LogP contribution in [0.1, 0.15) is 92.9 Å². The number of aliphatic hydroxyl groups excluding tert-OH is 2. The van der Waals surface area contributed by atoms with Crippen LogP contribution in [0, 0.1) is 34.5 Å². The summed E-state index contributed by atoms with van der Waals surface area (Å²) in [6, 6.07) is 0. The largest absolute Gasteiger partial charge is 0.460 e. The van der Waals surface area contributed by atoms with E-state index in [0.29, 0.717) is 25.7 Å². The van der Waals surface area contributed by atoms with Crippen molar-refractivity contribution in [3.8, 4) is 0 Å². The van der Waals surface area contributed by atoms with Crippen molar-refractivity contribution in [1.82, 2.24) is 0 Å². The predicted molar refractivity (Wildman–Crippen MR) is 135 cm³/mol. The molecule has 4 N–H and O–H groups in total. The molecule has 0 aliphatic heterocycles. The summed E-state index contributed by atoms with van der Waals surface area (Å²) >= 11 is 0. The van der Waals surface area contributed by atoms with Gasteiger partial charge >= 0.3 is 5.97 Å². The lowest BCUT2D eigenvalue weighted by molar-refractivity contribution is -0.170. The standard InChI is InChI=1S/C29H46O7/c1-16(30)36-23-15-28(5)19-9-12-27(4)18(17(19)13-21(31)20(28)14-22(23)32)7-8-24(27)29(6,35)25(33)10-11-26(2,3)34/h13,18-20,22-25,32-35H,7-12,14-15H2,1-6H3/t18-,19-,20-,22+,23-,24-,25+,27-,28+,29+/m0/s1. The quantitative estimate of drug-likeness (QED) is 0.408. The highest BCUT2D eigenvalue weighted by atomic mass is 16.6. The van der Waals surface area contributed by atoms with E-state index in [0.717, 1.165) is 31.3 Å². The smallest absolute Gasteiger partial charge is 0.302 e. The number of allylic oxidation sites excluding steroid dienone is 2. The Morgan fingerprint density at radius 2 is 1.75 bits per heavy atom. The van der Waals surface area contributed by atoms with Crippen molar-refractivity contribution in [2.45, 2.75) is 122 Å². The molecule has 0 aromatic rings. The Kier molecular flexibility index (Phi) is 7.07. The van der Waals surface area contributed by atoms with E-state index >= 15 is 0 Å². The molecule has 0 radical (unpaired) electrons. The SMILES string of the molecule is CC(=O)O[C@H]1C[C@@]2(C)[C@@H](C[C@H]1O)C(=O)C=C1[C@@H]2CC[C@]2(C)[C@@H]([C@@](C)(O)[C@H](O)CCC(C)(C)O)CC[C@@H]12. The average Bonchev–Trinajstić information content (AvgIpc) is 3.11. The average molecular weight is 507 g/mol. The summed E-state index contributed by atoms with van der Waals surface area (Å²) in [7, 11) is 0. The monoisotopic (exact) mass is 506 g/mol. The minimum atomic E-state index is -1.30. The van der Waals surface area contributed by atoms with Crippen LogP contribution in [0.5, 0.6) is 0 Å². The first-order valence-electron chi connectivity index (χ1n) is 13.7. The van der Waals surface area contributed by atoms with Crippen molar-refractivity contribution in [3.05, 3.63) is 11.6 Å². The van der Waals surface area contributed by atoms with Crippen LogP contribution in [-0.2, 0) is 14.3 Å². The lowest BCUT2D eigenvalue weighted by Crippen LogP contribution is -2.58. The van der Waals surface area contributed by atoms with Gasteiger partial charge < -0.3 is 25.2 Å². The molecule has 0 bridgehead atoms. The molecule has 204 valence electrons. The zero-order valence-corrected chi connectivity index (χ0v) is 22.8. The lowest BCUT2D eigenvalue weighted by atomic mass is 9.47. The first-order chi connectivity index (χ1) is 16.5. The van der Waals surface area contributed by atoms with Gasteiger partial charge in [-0.2, -0.15) is 0 Å². The molecule has 3 saturated carbocycles. The number of carbonyl (C=O) groups excluding carboxylic acids is 2. The zero-order chi connectivity index (χ0) is 26.8. The van der Waals surface area contributed by atoms with Crippen molar-refractivity contribution >= 4 is 11.8 Å². The first-order valence-corrected chi connectivity index (χ1v) is 13.7. The van der Waals surface area contributed by atoms with Gasteiger partial charge in [0.25, 0.3) is 0 Å². The summed E-state index contributed by atoms with van der Waals surface area (Å²) in [6.45, 7) is 10.8. The van der Waals surface area contributed by atoms with E-state index in [9.17, 15) is 30.0 Å².